The minimum absolute atomic E-state index is 0.186. The van der Waals surface area contributed by atoms with Gasteiger partial charge < -0.3 is 4.90 Å². The van der Waals surface area contributed by atoms with Gasteiger partial charge in [0, 0.05) is 25.0 Å². The van der Waals surface area contributed by atoms with Crippen molar-refractivity contribution < 1.29 is 17.6 Å². The third-order valence-corrected chi connectivity index (χ3v) is 4.77. The van der Waals surface area contributed by atoms with Gasteiger partial charge in [-0.1, -0.05) is 19.1 Å². The highest BCUT2D eigenvalue weighted by Gasteiger charge is 2.52. The first-order valence-corrected chi connectivity index (χ1v) is 7.31. The number of halogens is 4. The van der Waals surface area contributed by atoms with Crippen LogP contribution in [0.4, 0.5) is 17.6 Å². The predicted molar refractivity (Wildman–Crippen MR) is 72.9 cm³/mol. The molecule has 2 fully saturated rings. The molecule has 1 aromatic rings. The first-order chi connectivity index (χ1) is 9.77. The van der Waals surface area contributed by atoms with Crippen LogP contribution in [0.25, 0.3) is 0 Å². The summed E-state index contributed by atoms with van der Waals surface area (Å²) in [7, 11) is 0. The number of hydrogen-bond acceptors (Lipinski definition) is 1. The topological polar surface area (TPSA) is 3.24 Å². The SMILES string of the molecule is CC(CN1CC2(CC(F)C2)C1)c1ccc(C(F)(F)F)cc1. The molecule has 2 aliphatic rings. The van der Waals surface area contributed by atoms with Crippen LogP contribution in [0.15, 0.2) is 24.3 Å². The normalized spacial score (nSPS) is 23.7. The number of hydrogen-bond donors (Lipinski definition) is 0. The van der Waals surface area contributed by atoms with E-state index in [-0.39, 0.29) is 11.3 Å². The number of benzene rings is 1. The van der Waals surface area contributed by atoms with E-state index in [4.69, 9.17) is 0 Å². The van der Waals surface area contributed by atoms with Gasteiger partial charge in [-0.2, -0.15) is 13.2 Å². The van der Waals surface area contributed by atoms with Gasteiger partial charge >= 0.3 is 6.18 Å². The fraction of sp³-hybridized carbons (Fsp3) is 0.625. The van der Waals surface area contributed by atoms with Gasteiger partial charge in [0.25, 0.3) is 0 Å². The van der Waals surface area contributed by atoms with Crippen LogP contribution in [0.3, 0.4) is 0 Å². The fourth-order valence-electron chi connectivity index (χ4n) is 3.66. The summed E-state index contributed by atoms with van der Waals surface area (Å²) in [4.78, 5) is 2.27. The molecule has 1 spiro atoms. The molecule has 1 aliphatic heterocycles. The molecular weight excluding hydrogens is 282 g/mol. The summed E-state index contributed by atoms with van der Waals surface area (Å²) in [6, 6.07) is 5.40. The van der Waals surface area contributed by atoms with E-state index in [1.165, 1.54) is 0 Å². The second-order valence-corrected chi connectivity index (χ2v) is 6.70. The molecule has 0 amide bonds. The van der Waals surface area contributed by atoms with Crippen LogP contribution in [-0.4, -0.2) is 30.7 Å². The summed E-state index contributed by atoms with van der Waals surface area (Å²) < 4.78 is 50.5. The monoisotopic (exact) mass is 301 g/mol. The van der Waals surface area contributed by atoms with Crippen LogP contribution in [0, 0.1) is 5.41 Å². The van der Waals surface area contributed by atoms with Crippen LogP contribution < -0.4 is 0 Å². The zero-order chi connectivity index (χ0) is 15.3. The van der Waals surface area contributed by atoms with Gasteiger partial charge in [0.05, 0.1) is 5.56 Å². The molecule has 1 saturated heterocycles. The molecule has 5 heteroatoms. The number of rotatable bonds is 3. The van der Waals surface area contributed by atoms with E-state index in [9.17, 15) is 17.6 Å². The second-order valence-electron chi connectivity index (χ2n) is 6.70. The third kappa shape index (κ3) is 2.93. The van der Waals surface area contributed by atoms with Crippen molar-refractivity contribution >= 4 is 0 Å². The molecule has 1 unspecified atom stereocenters. The van der Waals surface area contributed by atoms with Gasteiger partial charge in [0.1, 0.15) is 6.17 Å². The van der Waals surface area contributed by atoms with Crippen LogP contribution in [0.5, 0.6) is 0 Å². The number of likely N-dealkylation sites (tertiary alicyclic amines) is 1. The Labute approximate surface area is 121 Å². The van der Waals surface area contributed by atoms with E-state index < -0.39 is 17.9 Å². The van der Waals surface area contributed by atoms with Crippen molar-refractivity contribution in [3.63, 3.8) is 0 Å². The van der Waals surface area contributed by atoms with E-state index in [0.29, 0.717) is 12.8 Å². The van der Waals surface area contributed by atoms with Crippen molar-refractivity contribution in [1.82, 2.24) is 4.90 Å². The van der Waals surface area contributed by atoms with Crippen molar-refractivity contribution in [1.29, 1.82) is 0 Å². The summed E-state index contributed by atoms with van der Waals surface area (Å²) in [6.45, 7) is 4.70. The molecule has 1 atom stereocenters. The summed E-state index contributed by atoms with van der Waals surface area (Å²) >= 11 is 0. The maximum Gasteiger partial charge on any atom is 0.416 e. The van der Waals surface area contributed by atoms with Gasteiger partial charge in [-0.05, 0) is 36.5 Å². The van der Waals surface area contributed by atoms with Crippen LogP contribution in [-0.2, 0) is 6.18 Å². The van der Waals surface area contributed by atoms with Crippen molar-refractivity contribution in [3.05, 3.63) is 35.4 Å². The van der Waals surface area contributed by atoms with E-state index in [1.807, 2.05) is 6.92 Å². The number of nitrogens with zero attached hydrogens (tertiary/aromatic N) is 1. The molecular formula is C16H19F4N. The quantitative estimate of drug-likeness (QED) is 0.755. The van der Waals surface area contributed by atoms with Crippen molar-refractivity contribution in [2.75, 3.05) is 19.6 Å². The zero-order valence-corrected chi connectivity index (χ0v) is 12.0. The van der Waals surface area contributed by atoms with E-state index in [2.05, 4.69) is 4.90 Å². The Balaban J connectivity index is 1.53. The summed E-state index contributed by atoms with van der Waals surface area (Å²) in [5, 5.41) is 0. The molecule has 1 saturated carbocycles. The number of alkyl halides is 4. The van der Waals surface area contributed by atoms with Crippen LogP contribution >= 0.6 is 0 Å². The zero-order valence-electron chi connectivity index (χ0n) is 12.0. The Morgan fingerprint density at radius 1 is 1.19 bits per heavy atom. The van der Waals surface area contributed by atoms with Gasteiger partial charge in [-0.25, -0.2) is 4.39 Å². The molecule has 3 rings (SSSR count). The predicted octanol–water partition coefficient (Wildman–Crippen LogP) is 4.24. The molecule has 0 bridgehead atoms. The van der Waals surface area contributed by atoms with Crippen LogP contribution in [0.1, 0.15) is 36.8 Å². The highest BCUT2D eigenvalue weighted by molar-refractivity contribution is 5.27. The van der Waals surface area contributed by atoms with Gasteiger partial charge in [0.2, 0.25) is 0 Å². The fourth-order valence-corrected chi connectivity index (χ4v) is 3.66. The van der Waals surface area contributed by atoms with Crippen molar-refractivity contribution in [2.24, 2.45) is 5.41 Å². The standard InChI is InChI=1S/C16H19F4N/c1-11(8-21-9-15(10-21)6-14(17)7-15)12-2-4-13(5-3-12)16(18,19)20/h2-5,11,14H,6-10H2,1H3. The molecule has 1 nitrogen and oxygen atoms in total. The Morgan fingerprint density at radius 3 is 2.24 bits per heavy atom. The average molecular weight is 301 g/mol. The molecule has 0 aromatic heterocycles. The Bertz CT molecular complexity index is 494. The molecule has 0 N–H and O–H groups in total. The molecule has 0 radical (unpaired) electrons. The third-order valence-electron chi connectivity index (χ3n) is 4.77. The van der Waals surface area contributed by atoms with Crippen molar-refractivity contribution in [2.45, 2.75) is 38.0 Å². The highest BCUT2D eigenvalue weighted by Crippen LogP contribution is 2.50. The minimum Gasteiger partial charge on any atom is -0.302 e. The summed E-state index contributed by atoms with van der Waals surface area (Å²) in [6.07, 6.45) is -3.55. The lowest BCUT2D eigenvalue weighted by Gasteiger charge is -2.57. The lowest BCUT2D eigenvalue weighted by Crippen LogP contribution is -2.63. The largest absolute Gasteiger partial charge is 0.416 e. The van der Waals surface area contributed by atoms with Crippen LogP contribution in [0.2, 0.25) is 0 Å². The Morgan fingerprint density at radius 2 is 1.76 bits per heavy atom. The summed E-state index contributed by atoms with van der Waals surface area (Å²) in [5.74, 6) is 0.186. The first kappa shape index (κ1) is 14.8. The smallest absolute Gasteiger partial charge is 0.302 e. The highest BCUT2D eigenvalue weighted by atomic mass is 19.4. The average Bonchev–Trinajstić information content (AvgIpc) is 2.33. The van der Waals surface area contributed by atoms with E-state index in [1.54, 1.807) is 12.1 Å². The summed E-state index contributed by atoms with van der Waals surface area (Å²) in [5.41, 5.74) is 0.518. The van der Waals surface area contributed by atoms with E-state index >= 15 is 0 Å². The Hall–Kier alpha value is -1.10. The minimum atomic E-state index is -4.28. The molecule has 1 aromatic carbocycles. The lowest BCUT2D eigenvalue weighted by molar-refractivity contribution is -0.137. The van der Waals surface area contributed by atoms with Gasteiger partial charge in [-0.3, -0.25) is 0 Å². The van der Waals surface area contributed by atoms with Gasteiger partial charge in [0.15, 0.2) is 0 Å². The molecule has 21 heavy (non-hydrogen) atoms. The Kier molecular flexibility index (Phi) is 3.51. The van der Waals surface area contributed by atoms with Gasteiger partial charge in [-0.15, -0.1) is 0 Å². The first-order valence-electron chi connectivity index (χ1n) is 7.31. The van der Waals surface area contributed by atoms with Crippen molar-refractivity contribution in [3.8, 4) is 0 Å². The second kappa shape index (κ2) is 4.97. The molecule has 1 heterocycles. The maximum absolute atomic E-state index is 12.9. The maximum atomic E-state index is 12.9. The molecule has 116 valence electrons. The lowest BCUT2D eigenvalue weighted by atomic mass is 9.62. The van der Waals surface area contributed by atoms with E-state index in [0.717, 1.165) is 37.3 Å². The molecule has 1 aliphatic carbocycles.